The van der Waals surface area contributed by atoms with Crippen molar-refractivity contribution in [3.8, 4) is 0 Å². The van der Waals surface area contributed by atoms with Crippen molar-refractivity contribution in [1.82, 2.24) is 5.32 Å². The lowest BCUT2D eigenvalue weighted by atomic mass is 9.84. The third kappa shape index (κ3) is 5.13. The number of benzene rings is 1. The van der Waals surface area contributed by atoms with Crippen molar-refractivity contribution in [2.45, 2.75) is 52.2 Å². The molecule has 0 aliphatic carbocycles. The van der Waals surface area contributed by atoms with E-state index in [0.29, 0.717) is 0 Å². The van der Waals surface area contributed by atoms with Gasteiger partial charge in [0.05, 0.1) is 11.5 Å². The topological polar surface area (TPSA) is 63.2 Å². The monoisotopic (exact) mass is 325 g/mol. The van der Waals surface area contributed by atoms with Gasteiger partial charge in [0.2, 0.25) is 5.91 Å². The lowest BCUT2D eigenvalue weighted by Gasteiger charge is -2.22. The molecule has 0 spiro atoms. The van der Waals surface area contributed by atoms with Gasteiger partial charge in [0, 0.05) is 13.5 Å². The molecule has 0 aromatic heterocycles. The Bertz CT molecular complexity index is 632. The molecule has 124 valence electrons. The lowest BCUT2D eigenvalue weighted by Crippen LogP contribution is -2.22. The van der Waals surface area contributed by atoms with Gasteiger partial charge in [-0.15, -0.1) is 0 Å². The third-order valence-electron chi connectivity index (χ3n) is 3.85. The van der Waals surface area contributed by atoms with Crippen LogP contribution in [0.15, 0.2) is 12.1 Å². The van der Waals surface area contributed by atoms with E-state index in [-0.39, 0.29) is 29.2 Å². The Balaban J connectivity index is 3.01. The third-order valence-corrected chi connectivity index (χ3v) is 5.40. The standard InChI is InChI=1S/C17H27NO3S/c1-12-9-14(17(3,4)5)10-13(2)15(12)11-22(20,21)8-7-16(19)18-6/h9-10H,7-8,11H2,1-6H3,(H,18,19). The molecule has 4 nitrogen and oxygen atoms in total. The second-order valence-corrected chi connectivity index (χ2v) is 9.04. The summed E-state index contributed by atoms with van der Waals surface area (Å²) >= 11 is 0. The van der Waals surface area contributed by atoms with E-state index in [9.17, 15) is 13.2 Å². The Labute approximate surface area is 134 Å². The van der Waals surface area contributed by atoms with E-state index in [2.05, 4.69) is 38.2 Å². The summed E-state index contributed by atoms with van der Waals surface area (Å²) in [6, 6.07) is 4.13. The molecule has 0 aliphatic heterocycles. The van der Waals surface area contributed by atoms with E-state index in [1.165, 1.54) is 12.6 Å². The van der Waals surface area contributed by atoms with Crippen LogP contribution in [-0.2, 0) is 25.8 Å². The van der Waals surface area contributed by atoms with E-state index in [4.69, 9.17) is 0 Å². The normalized spacial score (nSPS) is 12.3. The second-order valence-electron chi connectivity index (χ2n) is 6.85. The van der Waals surface area contributed by atoms with Crippen molar-refractivity contribution >= 4 is 15.7 Å². The lowest BCUT2D eigenvalue weighted by molar-refractivity contribution is -0.120. The molecule has 1 N–H and O–H groups in total. The minimum atomic E-state index is -3.29. The smallest absolute Gasteiger partial charge is 0.220 e. The summed E-state index contributed by atoms with van der Waals surface area (Å²) in [5, 5.41) is 2.44. The van der Waals surface area contributed by atoms with Gasteiger partial charge in [0.1, 0.15) is 0 Å². The molecule has 0 heterocycles. The molecular weight excluding hydrogens is 298 g/mol. The Morgan fingerprint density at radius 1 is 1.14 bits per heavy atom. The summed E-state index contributed by atoms with van der Waals surface area (Å²) in [4.78, 5) is 11.2. The molecule has 0 aliphatic rings. The van der Waals surface area contributed by atoms with Crippen LogP contribution < -0.4 is 5.32 Å². The van der Waals surface area contributed by atoms with Crippen molar-refractivity contribution < 1.29 is 13.2 Å². The summed E-state index contributed by atoms with van der Waals surface area (Å²) in [5.74, 6) is -0.376. The van der Waals surface area contributed by atoms with Crippen molar-refractivity contribution in [3.63, 3.8) is 0 Å². The number of hydrogen-bond donors (Lipinski definition) is 1. The van der Waals surface area contributed by atoms with Gasteiger partial charge in [0.25, 0.3) is 0 Å². The zero-order valence-corrected chi connectivity index (χ0v) is 15.2. The number of nitrogens with one attached hydrogen (secondary N) is 1. The second kappa shape index (κ2) is 6.82. The van der Waals surface area contributed by atoms with Crippen molar-refractivity contribution in [1.29, 1.82) is 0 Å². The van der Waals surface area contributed by atoms with Crippen LogP contribution in [0.5, 0.6) is 0 Å². The first-order valence-electron chi connectivity index (χ1n) is 7.48. The number of carbonyl (C=O) groups excluding carboxylic acids is 1. The SMILES string of the molecule is CNC(=O)CCS(=O)(=O)Cc1c(C)cc(C(C)(C)C)cc1C. The number of hydrogen-bond acceptors (Lipinski definition) is 3. The maximum absolute atomic E-state index is 12.2. The average molecular weight is 325 g/mol. The van der Waals surface area contributed by atoms with Crippen LogP contribution in [0.1, 0.15) is 49.4 Å². The van der Waals surface area contributed by atoms with Gasteiger partial charge < -0.3 is 5.32 Å². The number of rotatable bonds is 5. The highest BCUT2D eigenvalue weighted by Gasteiger charge is 2.20. The average Bonchev–Trinajstić information content (AvgIpc) is 2.39. The highest BCUT2D eigenvalue weighted by molar-refractivity contribution is 7.90. The van der Waals surface area contributed by atoms with E-state index >= 15 is 0 Å². The summed E-state index contributed by atoms with van der Waals surface area (Å²) in [5.41, 5.74) is 4.08. The van der Waals surface area contributed by atoms with Gasteiger partial charge in [-0.1, -0.05) is 32.9 Å². The number of aryl methyl sites for hydroxylation is 2. The number of carbonyl (C=O) groups is 1. The fourth-order valence-electron chi connectivity index (χ4n) is 2.32. The van der Waals surface area contributed by atoms with Crippen LogP contribution in [0.4, 0.5) is 0 Å². The molecule has 1 rings (SSSR count). The summed E-state index contributed by atoms with van der Waals surface area (Å²) in [7, 11) is -1.79. The van der Waals surface area contributed by atoms with Gasteiger partial charge in [-0.25, -0.2) is 8.42 Å². The molecule has 0 fully saturated rings. The Morgan fingerprint density at radius 3 is 2.05 bits per heavy atom. The predicted octanol–water partition coefficient (Wildman–Crippen LogP) is 2.65. The van der Waals surface area contributed by atoms with E-state index in [0.717, 1.165) is 16.7 Å². The Hall–Kier alpha value is -1.36. The van der Waals surface area contributed by atoms with Crippen LogP contribution in [0.2, 0.25) is 0 Å². The molecule has 0 saturated heterocycles. The fourth-order valence-corrected chi connectivity index (χ4v) is 3.86. The van der Waals surface area contributed by atoms with Crippen LogP contribution in [0.25, 0.3) is 0 Å². The first-order chi connectivity index (χ1) is 9.96. The van der Waals surface area contributed by atoms with Crippen molar-refractivity contribution in [2.24, 2.45) is 0 Å². The first kappa shape index (κ1) is 18.7. The predicted molar refractivity (Wildman–Crippen MR) is 90.8 cm³/mol. The molecule has 0 bridgehead atoms. The Morgan fingerprint density at radius 2 is 1.64 bits per heavy atom. The first-order valence-corrected chi connectivity index (χ1v) is 9.30. The van der Waals surface area contributed by atoms with Gasteiger partial charge in [-0.2, -0.15) is 0 Å². The van der Waals surface area contributed by atoms with E-state index < -0.39 is 9.84 Å². The van der Waals surface area contributed by atoms with E-state index in [1.807, 2.05) is 13.8 Å². The highest BCUT2D eigenvalue weighted by Crippen LogP contribution is 2.27. The maximum Gasteiger partial charge on any atom is 0.220 e. The molecule has 0 radical (unpaired) electrons. The molecule has 5 heteroatoms. The molecule has 22 heavy (non-hydrogen) atoms. The van der Waals surface area contributed by atoms with Crippen LogP contribution in [0.3, 0.4) is 0 Å². The Kier molecular flexibility index (Phi) is 5.79. The largest absolute Gasteiger partial charge is 0.359 e. The van der Waals surface area contributed by atoms with Gasteiger partial charge in [-0.3, -0.25) is 4.79 Å². The summed E-state index contributed by atoms with van der Waals surface area (Å²) < 4.78 is 24.5. The van der Waals surface area contributed by atoms with Gasteiger partial charge in [-0.05, 0) is 41.5 Å². The van der Waals surface area contributed by atoms with E-state index in [1.54, 1.807) is 0 Å². The van der Waals surface area contributed by atoms with Crippen LogP contribution in [-0.4, -0.2) is 27.1 Å². The van der Waals surface area contributed by atoms with Crippen molar-refractivity contribution in [2.75, 3.05) is 12.8 Å². The molecule has 1 aromatic carbocycles. The zero-order chi connectivity index (χ0) is 17.1. The molecular formula is C17H27NO3S. The van der Waals surface area contributed by atoms with Crippen molar-refractivity contribution in [3.05, 3.63) is 34.4 Å². The van der Waals surface area contributed by atoms with Crippen LogP contribution >= 0.6 is 0 Å². The highest BCUT2D eigenvalue weighted by atomic mass is 32.2. The molecule has 1 amide bonds. The number of amides is 1. The molecule has 1 aromatic rings. The quantitative estimate of drug-likeness (QED) is 0.905. The zero-order valence-electron chi connectivity index (χ0n) is 14.4. The maximum atomic E-state index is 12.2. The summed E-state index contributed by atoms with van der Waals surface area (Å²) in [6.07, 6.45) is 0.0109. The number of sulfone groups is 1. The van der Waals surface area contributed by atoms with Gasteiger partial charge in [0.15, 0.2) is 9.84 Å². The summed E-state index contributed by atoms with van der Waals surface area (Å²) in [6.45, 7) is 10.3. The molecule has 0 unspecified atom stereocenters. The molecule has 0 saturated carbocycles. The van der Waals surface area contributed by atoms with Gasteiger partial charge >= 0.3 is 0 Å². The minimum absolute atomic E-state index is 0.00785. The molecule has 0 atom stereocenters. The van der Waals surface area contributed by atoms with Crippen LogP contribution in [0, 0.1) is 13.8 Å². The fraction of sp³-hybridized carbons (Fsp3) is 0.588. The minimum Gasteiger partial charge on any atom is -0.359 e.